The summed E-state index contributed by atoms with van der Waals surface area (Å²) >= 11 is 0. The summed E-state index contributed by atoms with van der Waals surface area (Å²) < 4.78 is 0. The van der Waals surface area contributed by atoms with Gasteiger partial charge in [-0.05, 0) is 12.3 Å². The first-order chi connectivity index (χ1) is 5.65. The molecule has 0 aromatic heterocycles. The highest BCUT2D eigenvalue weighted by Crippen LogP contribution is 2.20. The molecule has 3 nitrogen and oxygen atoms in total. The molecule has 1 unspecified atom stereocenters. The van der Waals surface area contributed by atoms with Gasteiger partial charge in [0.25, 0.3) is 0 Å². The average Bonchev–Trinajstić information content (AvgIpc) is 2.03. The van der Waals surface area contributed by atoms with Crippen LogP contribution in [0.2, 0.25) is 0 Å². The van der Waals surface area contributed by atoms with Crippen LogP contribution in [0.5, 0.6) is 0 Å². The molecule has 1 aliphatic heterocycles. The van der Waals surface area contributed by atoms with Crippen molar-refractivity contribution in [2.45, 2.75) is 33.1 Å². The molecule has 3 heteroatoms. The highest BCUT2D eigenvalue weighted by atomic mass is 16.2. The topological polar surface area (TPSA) is 37.4 Å². The minimum absolute atomic E-state index is 0.000556. The Morgan fingerprint density at radius 1 is 1.67 bits per heavy atom. The fourth-order valence-corrected chi connectivity index (χ4v) is 1.58. The van der Waals surface area contributed by atoms with Gasteiger partial charge in [0.2, 0.25) is 11.8 Å². The van der Waals surface area contributed by atoms with Gasteiger partial charge in [0.15, 0.2) is 0 Å². The molecule has 1 heterocycles. The average molecular weight is 169 g/mol. The summed E-state index contributed by atoms with van der Waals surface area (Å²) in [5, 5.41) is 0. The van der Waals surface area contributed by atoms with Crippen molar-refractivity contribution in [3.63, 3.8) is 0 Å². The van der Waals surface area contributed by atoms with E-state index in [0.29, 0.717) is 18.9 Å². The van der Waals surface area contributed by atoms with Gasteiger partial charge in [0, 0.05) is 19.9 Å². The molecule has 0 radical (unpaired) electrons. The van der Waals surface area contributed by atoms with Gasteiger partial charge >= 0.3 is 0 Å². The molecule has 0 aromatic carbocycles. The first kappa shape index (κ1) is 9.23. The van der Waals surface area contributed by atoms with Gasteiger partial charge in [-0.25, -0.2) is 0 Å². The van der Waals surface area contributed by atoms with Gasteiger partial charge in [-0.2, -0.15) is 0 Å². The van der Waals surface area contributed by atoms with E-state index in [1.807, 2.05) is 0 Å². The van der Waals surface area contributed by atoms with Crippen LogP contribution in [-0.4, -0.2) is 23.3 Å². The second kappa shape index (κ2) is 3.70. The molecule has 0 aromatic rings. The van der Waals surface area contributed by atoms with Crippen molar-refractivity contribution in [1.29, 1.82) is 0 Å². The van der Waals surface area contributed by atoms with Crippen LogP contribution in [0.1, 0.15) is 33.1 Å². The Bertz CT molecular complexity index is 201. The molecule has 0 N–H and O–H groups in total. The Morgan fingerprint density at radius 3 is 2.75 bits per heavy atom. The molecule has 1 aliphatic rings. The molecular formula is C9H15NO2. The van der Waals surface area contributed by atoms with E-state index in [4.69, 9.17) is 0 Å². The van der Waals surface area contributed by atoms with Crippen molar-refractivity contribution in [3.05, 3.63) is 0 Å². The largest absolute Gasteiger partial charge is 0.283 e. The van der Waals surface area contributed by atoms with E-state index in [9.17, 15) is 9.59 Å². The predicted molar refractivity (Wildman–Crippen MR) is 45.4 cm³/mol. The molecule has 1 saturated heterocycles. The molecule has 0 saturated carbocycles. The Kier molecular flexibility index (Phi) is 2.84. The van der Waals surface area contributed by atoms with Crippen LogP contribution in [0.15, 0.2) is 0 Å². The van der Waals surface area contributed by atoms with Gasteiger partial charge in [-0.15, -0.1) is 0 Å². The van der Waals surface area contributed by atoms with Crippen LogP contribution in [0, 0.1) is 5.92 Å². The SMILES string of the molecule is CCC1CCN(C(C)=O)C(=O)C1. The van der Waals surface area contributed by atoms with Gasteiger partial charge in [0.1, 0.15) is 0 Å². The molecule has 0 aliphatic carbocycles. The number of carbonyl (C=O) groups is 2. The number of nitrogens with zero attached hydrogens (tertiary/aromatic N) is 1. The second-order valence-electron chi connectivity index (χ2n) is 3.33. The van der Waals surface area contributed by atoms with E-state index in [2.05, 4.69) is 6.92 Å². The fourth-order valence-electron chi connectivity index (χ4n) is 1.58. The van der Waals surface area contributed by atoms with Crippen molar-refractivity contribution in [1.82, 2.24) is 4.90 Å². The number of imide groups is 1. The summed E-state index contributed by atoms with van der Waals surface area (Å²) in [6.45, 7) is 4.15. The molecule has 0 spiro atoms. The molecule has 12 heavy (non-hydrogen) atoms. The summed E-state index contributed by atoms with van der Waals surface area (Å²) in [4.78, 5) is 23.6. The van der Waals surface area contributed by atoms with Crippen molar-refractivity contribution in [2.24, 2.45) is 5.92 Å². The maximum atomic E-state index is 11.3. The third-order valence-electron chi connectivity index (χ3n) is 2.48. The van der Waals surface area contributed by atoms with Crippen molar-refractivity contribution >= 4 is 11.8 Å². The molecular weight excluding hydrogens is 154 g/mol. The Balaban J connectivity index is 2.54. The maximum Gasteiger partial charge on any atom is 0.229 e. The smallest absolute Gasteiger partial charge is 0.229 e. The van der Waals surface area contributed by atoms with Crippen molar-refractivity contribution in [3.8, 4) is 0 Å². The Labute approximate surface area is 72.7 Å². The van der Waals surface area contributed by atoms with Crippen LogP contribution in [0.4, 0.5) is 0 Å². The molecule has 1 rings (SSSR count). The lowest BCUT2D eigenvalue weighted by atomic mass is 9.94. The van der Waals surface area contributed by atoms with Gasteiger partial charge in [-0.3, -0.25) is 14.5 Å². The van der Waals surface area contributed by atoms with E-state index < -0.39 is 0 Å². The first-order valence-corrected chi connectivity index (χ1v) is 4.46. The van der Waals surface area contributed by atoms with Gasteiger partial charge < -0.3 is 0 Å². The zero-order chi connectivity index (χ0) is 9.14. The zero-order valence-electron chi connectivity index (χ0n) is 7.67. The van der Waals surface area contributed by atoms with E-state index in [-0.39, 0.29) is 11.8 Å². The second-order valence-corrected chi connectivity index (χ2v) is 3.33. The lowest BCUT2D eigenvalue weighted by Crippen LogP contribution is -2.41. The summed E-state index contributed by atoms with van der Waals surface area (Å²) in [7, 11) is 0. The fraction of sp³-hybridized carbons (Fsp3) is 0.778. The summed E-state index contributed by atoms with van der Waals surface area (Å²) in [5.41, 5.74) is 0. The standard InChI is InChI=1S/C9H15NO2/c1-3-8-4-5-10(7(2)11)9(12)6-8/h8H,3-6H2,1-2H3. The zero-order valence-corrected chi connectivity index (χ0v) is 7.67. The third-order valence-corrected chi connectivity index (χ3v) is 2.48. The minimum Gasteiger partial charge on any atom is -0.283 e. The van der Waals surface area contributed by atoms with Crippen molar-refractivity contribution in [2.75, 3.05) is 6.54 Å². The van der Waals surface area contributed by atoms with Crippen LogP contribution >= 0.6 is 0 Å². The lowest BCUT2D eigenvalue weighted by Gasteiger charge is -2.28. The van der Waals surface area contributed by atoms with E-state index >= 15 is 0 Å². The van der Waals surface area contributed by atoms with Gasteiger partial charge in [0.05, 0.1) is 0 Å². The third kappa shape index (κ3) is 1.84. The number of carbonyl (C=O) groups excluding carboxylic acids is 2. The number of piperidine rings is 1. The lowest BCUT2D eigenvalue weighted by molar-refractivity contribution is -0.146. The molecule has 0 bridgehead atoms. The monoisotopic (exact) mass is 169 g/mol. The number of hydrogen-bond donors (Lipinski definition) is 0. The highest BCUT2D eigenvalue weighted by Gasteiger charge is 2.26. The highest BCUT2D eigenvalue weighted by molar-refractivity contribution is 5.94. The van der Waals surface area contributed by atoms with E-state index in [1.165, 1.54) is 11.8 Å². The van der Waals surface area contributed by atoms with Gasteiger partial charge in [-0.1, -0.05) is 13.3 Å². The predicted octanol–water partition coefficient (Wildman–Crippen LogP) is 1.18. The van der Waals surface area contributed by atoms with Crippen molar-refractivity contribution < 1.29 is 9.59 Å². The maximum absolute atomic E-state index is 11.3. The summed E-state index contributed by atoms with van der Waals surface area (Å²) in [5.74, 6) is 0.378. The van der Waals surface area contributed by atoms with E-state index in [0.717, 1.165) is 12.8 Å². The van der Waals surface area contributed by atoms with Crippen LogP contribution < -0.4 is 0 Å². The van der Waals surface area contributed by atoms with Crippen LogP contribution in [0.3, 0.4) is 0 Å². The molecule has 1 atom stereocenters. The molecule has 68 valence electrons. The molecule has 1 fully saturated rings. The number of likely N-dealkylation sites (tertiary alicyclic amines) is 1. The minimum atomic E-state index is -0.116. The number of amides is 2. The van der Waals surface area contributed by atoms with E-state index in [1.54, 1.807) is 0 Å². The van der Waals surface area contributed by atoms with Crippen LogP contribution in [-0.2, 0) is 9.59 Å². The Hall–Kier alpha value is -0.860. The number of rotatable bonds is 1. The normalized spacial score (nSPS) is 24.3. The first-order valence-electron chi connectivity index (χ1n) is 4.46. The molecule has 2 amide bonds. The summed E-state index contributed by atoms with van der Waals surface area (Å²) in [6.07, 6.45) is 2.56. The summed E-state index contributed by atoms with van der Waals surface area (Å²) in [6, 6.07) is 0. The Morgan fingerprint density at radius 2 is 2.33 bits per heavy atom. The quantitative estimate of drug-likeness (QED) is 0.591. The van der Waals surface area contributed by atoms with Crippen LogP contribution in [0.25, 0.3) is 0 Å². The number of hydrogen-bond acceptors (Lipinski definition) is 2.